The summed E-state index contributed by atoms with van der Waals surface area (Å²) in [5.74, 6) is 1.73. The SMILES string of the molecule is CNC1CCN(Cc2ccc3c(c2)OCO3)C1(C)C. The Morgan fingerprint density at radius 2 is 2.11 bits per heavy atom. The van der Waals surface area contributed by atoms with Gasteiger partial charge in [0.25, 0.3) is 0 Å². The Labute approximate surface area is 114 Å². The number of ether oxygens (including phenoxy) is 2. The summed E-state index contributed by atoms with van der Waals surface area (Å²) in [6.07, 6.45) is 1.20. The van der Waals surface area contributed by atoms with Crippen LogP contribution in [0.5, 0.6) is 11.5 Å². The molecule has 2 aliphatic rings. The summed E-state index contributed by atoms with van der Waals surface area (Å²) >= 11 is 0. The molecule has 1 unspecified atom stereocenters. The first-order chi connectivity index (χ1) is 9.11. The normalized spacial score (nSPS) is 24.9. The number of benzene rings is 1. The van der Waals surface area contributed by atoms with Crippen LogP contribution in [0.1, 0.15) is 25.8 Å². The van der Waals surface area contributed by atoms with E-state index in [1.807, 2.05) is 6.07 Å². The summed E-state index contributed by atoms with van der Waals surface area (Å²) in [7, 11) is 2.05. The molecule has 4 nitrogen and oxygen atoms in total. The van der Waals surface area contributed by atoms with Crippen LogP contribution >= 0.6 is 0 Å². The molecule has 0 aliphatic carbocycles. The van der Waals surface area contributed by atoms with E-state index in [2.05, 4.69) is 43.2 Å². The summed E-state index contributed by atoms with van der Waals surface area (Å²) in [5, 5.41) is 3.43. The summed E-state index contributed by atoms with van der Waals surface area (Å²) in [6, 6.07) is 6.80. The van der Waals surface area contributed by atoms with Crippen molar-refractivity contribution >= 4 is 0 Å². The number of hydrogen-bond donors (Lipinski definition) is 1. The molecule has 1 aromatic rings. The first-order valence-corrected chi connectivity index (χ1v) is 6.92. The lowest BCUT2D eigenvalue weighted by Crippen LogP contribution is -2.49. The maximum Gasteiger partial charge on any atom is 0.231 e. The van der Waals surface area contributed by atoms with Crippen LogP contribution < -0.4 is 14.8 Å². The second-order valence-corrected chi connectivity index (χ2v) is 5.89. The highest BCUT2D eigenvalue weighted by Gasteiger charge is 2.40. The molecule has 0 radical (unpaired) electrons. The first-order valence-electron chi connectivity index (χ1n) is 6.92. The summed E-state index contributed by atoms with van der Waals surface area (Å²) in [4.78, 5) is 2.53. The molecule has 0 spiro atoms. The van der Waals surface area contributed by atoms with Crippen molar-refractivity contribution in [1.82, 2.24) is 10.2 Å². The smallest absolute Gasteiger partial charge is 0.231 e. The third kappa shape index (κ3) is 2.19. The number of likely N-dealkylation sites (N-methyl/N-ethyl adjacent to an activating group) is 1. The predicted molar refractivity (Wildman–Crippen MR) is 74.5 cm³/mol. The Balaban J connectivity index is 1.75. The van der Waals surface area contributed by atoms with Gasteiger partial charge in [-0.25, -0.2) is 0 Å². The quantitative estimate of drug-likeness (QED) is 0.903. The molecule has 0 bridgehead atoms. The highest BCUT2D eigenvalue weighted by atomic mass is 16.7. The van der Waals surface area contributed by atoms with E-state index in [4.69, 9.17) is 9.47 Å². The van der Waals surface area contributed by atoms with Crippen molar-refractivity contribution in [3.05, 3.63) is 23.8 Å². The molecule has 4 heteroatoms. The van der Waals surface area contributed by atoms with E-state index < -0.39 is 0 Å². The largest absolute Gasteiger partial charge is 0.454 e. The Hall–Kier alpha value is -1.26. The van der Waals surface area contributed by atoms with Crippen molar-refractivity contribution in [2.45, 2.75) is 38.4 Å². The highest BCUT2D eigenvalue weighted by molar-refractivity contribution is 5.44. The van der Waals surface area contributed by atoms with Crippen molar-refractivity contribution in [1.29, 1.82) is 0 Å². The minimum absolute atomic E-state index is 0.186. The average molecular weight is 262 g/mol. The second kappa shape index (κ2) is 4.69. The van der Waals surface area contributed by atoms with Gasteiger partial charge in [0, 0.05) is 24.7 Å². The molecule has 2 aliphatic heterocycles. The maximum atomic E-state index is 5.44. The molecule has 1 atom stereocenters. The van der Waals surface area contributed by atoms with Crippen LogP contribution in [0.15, 0.2) is 18.2 Å². The van der Waals surface area contributed by atoms with E-state index in [0.29, 0.717) is 12.8 Å². The van der Waals surface area contributed by atoms with Gasteiger partial charge in [-0.1, -0.05) is 6.07 Å². The number of fused-ring (bicyclic) bond motifs is 1. The molecule has 19 heavy (non-hydrogen) atoms. The van der Waals surface area contributed by atoms with Crippen molar-refractivity contribution < 1.29 is 9.47 Å². The molecule has 1 saturated heterocycles. The third-order valence-electron chi connectivity index (χ3n) is 4.51. The molecule has 0 saturated carbocycles. The van der Waals surface area contributed by atoms with Crippen molar-refractivity contribution in [3.63, 3.8) is 0 Å². The van der Waals surface area contributed by atoms with Gasteiger partial charge in [0.1, 0.15) is 0 Å². The molecule has 1 N–H and O–H groups in total. The van der Waals surface area contributed by atoms with Gasteiger partial charge in [-0.15, -0.1) is 0 Å². The van der Waals surface area contributed by atoms with E-state index in [1.165, 1.54) is 12.0 Å². The van der Waals surface area contributed by atoms with Gasteiger partial charge in [0.2, 0.25) is 6.79 Å². The molecule has 104 valence electrons. The molecular formula is C15H22N2O2. The zero-order chi connectivity index (χ0) is 13.5. The number of nitrogens with one attached hydrogen (secondary N) is 1. The molecule has 1 aromatic carbocycles. The van der Waals surface area contributed by atoms with Gasteiger partial charge >= 0.3 is 0 Å². The summed E-state index contributed by atoms with van der Waals surface area (Å²) < 4.78 is 10.8. The Kier molecular flexibility index (Phi) is 3.15. The maximum absolute atomic E-state index is 5.44. The van der Waals surface area contributed by atoms with Gasteiger partial charge in [0.15, 0.2) is 11.5 Å². The zero-order valence-electron chi connectivity index (χ0n) is 11.9. The van der Waals surface area contributed by atoms with Crippen LogP contribution in [0.4, 0.5) is 0 Å². The van der Waals surface area contributed by atoms with Crippen molar-refractivity contribution in [2.24, 2.45) is 0 Å². The molecule has 1 fully saturated rings. The lowest BCUT2D eigenvalue weighted by atomic mass is 9.95. The van der Waals surface area contributed by atoms with E-state index in [9.17, 15) is 0 Å². The first kappa shape index (κ1) is 12.8. The minimum Gasteiger partial charge on any atom is -0.454 e. The molecule has 2 heterocycles. The fourth-order valence-corrected chi connectivity index (χ4v) is 3.19. The molecule has 3 rings (SSSR count). The lowest BCUT2D eigenvalue weighted by molar-refractivity contribution is 0.145. The Morgan fingerprint density at radius 1 is 1.32 bits per heavy atom. The summed E-state index contributed by atoms with van der Waals surface area (Å²) in [5.41, 5.74) is 1.47. The van der Waals surface area contributed by atoms with Crippen molar-refractivity contribution in [2.75, 3.05) is 20.4 Å². The lowest BCUT2D eigenvalue weighted by Gasteiger charge is -2.36. The minimum atomic E-state index is 0.186. The number of likely N-dealkylation sites (tertiary alicyclic amines) is 1. The molecule has 0 aromatic heterocycles. The van der Waals surface area contributed by atoms with Crippen LogP contribution in [0.3, 0.4) is 0 Å². The fraction of sp³-hybridized carbons (Fsp3) is 0.600. The predicted octanol–water partition coefficient (Wildman–Crippen LogP) is 1.99. The van der Waals surface area contributed by atoms with E-state index in [0.717, 1.165) is 24.6 Å². The van der Waals surface area contributed by atoms with Crippen LogP contribution in [-0.2, 0) is 6.54 Å². The highest BCUT2D eigenvalue weighted by Crippen LogP contribution is 2.35. The van der Waals surface area contributed by atoms with Gasteiger partial charge in [-0.2, -0.15) is 0 Å². The van der Waals surface area contributed by atoms with Crippen LogP contribution in [0.25, 0.3) is 0 Å². The summed E-state index contributed by atoms with van der Waals surface area (Å²) in [6.45, 7) is 7.06. The second-order valence-electron chi connectivity index (χ2n) is 5.89. The van der Waals surface area contributed by atoms with Gasteiger partial charge in [0.05, 0.1) is 0 Å². The van der Waals surface area contributed by atoms with Crippen LogP contribution in [-0.4, -0.2) is 36.9 Å². The molecular weight excluding hydrogens is 240 g/mol. The fourth-order valence-electron chi connectivity index (χ4n) is 3.19. The Morgan fingerprint density at radius 3 is 2.84 bits per heavy atom. The van der Waals surface area contributed by atoms with Crippen LogP contribution in [0.2, 0.25) is 0 Å². The van der Waals surface area contributed by atoms with E-state index in [-0.39, 0.29) is 5.54 Å². The van der Waals surface area contributed by atoms with Crippen molar-refractivity contribution in [3.8, 4) is 11.5 Å². The topological polar surface area (TPSA) is 33.7 Å². The van der Waals surface area contributed by atoms with Gasteiger partial charge in [-0.3, -0.25) is 4.90 Å². The molecule has 0 amide bonds. The van der Waals surface area contributed by atoms with Crippen LogP contribution in [0, 0.1) is 0 Å². The van der Waals surface area contributed by atoms with Gasteiger partial charge in [-0.05, 0) is 45.0 Å². The number of hydrogen-bond acceptors (Lipinski definition) is 4. The monoisotopic (exact) mass is 262 g/mol. The number of nitrogens with zero attached hydrogens (tertiary/aromatic N) is 1. The number of rotatable bonds is 3. The van der Waals surface area contributed by atoms with E-state index >= 15 is 0 Å². The average Bonchev–Trinajstić information content (AvgIpc) is 2.94. The van der Waals surface area contributed by atoms with E-state index in [1.54, 1.807) is 0 Å². The standard InChI is InChI=1S/C15H22N2O2/c1-15(2)14(16-3)6-7-17(15)9-11-4-5-12-13(8-11)19-10-18-12/h4-5,8,14,16H,6-7,9-10H2,1-3H3. The Bertz CT molecular complexity index is 473. The third-order valence-corrected chi connectivity index (χ3v) is 4.51. The van der Waals surface area contributed by atoms with Gasteiger partial charge < -0.3 is 14.8 Å². The zero-order valence-corrected chi connectivity index (χ0v) is 11.9.